The molecule has 0 rings (SSSR count). The third-order valence-electron chi connectivity index (χ3n) is 2.12. The standard InChI is InChI=1S/C11H18O4/c1-4-9(10(12)13)6-5-7-15-11(14)8(2)3/h9H,2,4-7H2,1,3H3,(H,12,13). The fourth-order valence-electron chi connectivity index (χ4n) is 1.12. The van der Waals surface area contributed by atoms with Crippen molar-refractivity contribution in [2.75, 3.05) is 6.61 Å². The minimum atomic E-state index is -0.788. The van der Waals surface area contributed by atoms with E-state index in [0.717, 1.165) is 0 Å². The summed E-state index contributed by atoms with van der Waals surface area (Å²) >= 11 is 0. The molecule has 0 bridgehead atoms. The zero-order valence-electron chi connectivity index (χ0n) is 9.28. The number of hydrogen-bond donors (Lipinski definition) is 1. The highest BCUT2D eigenvalue weighted by atomic mass is 16.5. The highest BCUT2D eigenvalue weighted by Gasteiger charge is 2.14. The van der Waals surface area contributed by atoms with Crippen molar-refractivity contribution in [1.29, 1.82) is 0 Å². The lowest BCUT2D eigenvalue weighted by molar-refractivity contribution is -0.142. The molecular formula is C11H18O4. The minimum Gasteiger partial charge on any atom is -0.481 e. The second kappa shape index (κ2) is 7.04. The molecule has 1 atom stereocenters. The van der Waals surface area contributed by atoms with Gasteiger partial charge in [0.15, 0.2) is 0 Å². The Hall–Kier alpha value is -1.32. The lowest BCUT2D eigenvalue weighted by Gasteiger charge is -2.09. The molecule has 86 valence electrons. The number of carboxylic acids is 1. The van der Waals surface area contributed by atoms with Crippen LogP contribution in [0.2, 0.25) is 0 Å². The van der Waals surface area contributed by atoms with Gasteiger partial charge in [0.2, 0.25) is 0 Å². The Kier molecular flexibility index (Phi) is 6.42. The molecule has 0 amide bonds. The van der Waals surface area contributed by atoms with E-state index in [-0.39, 0.29) is 12.5 Å². The number of esters is 1. The summed E-state index contributed by atoms with van der Waals surface area (Å²) in [6.45, 7) is 7.11. The van der Waals surface area contributed by atoms with Crippen molar-refractivity contribution in [1.82, 2.24) is 0 Å². The first kappa shape index (κ1) is 13.7. The Morgan fingerprint density at radius 1 is 1.47 bits per heavy atom. The van der Waals surface area contributed by atoms with Gasteiger partial charge < -0.3 is 9.84 Å². The Bertz CT molecular complexity index is 245. The molecule has 0 saturated heterocycles. The number of carbonyl (C=O) groups is 2. The van der Waals surface area contributed by atoms with Crippen LogP contribution < -0.4 is 0 Å². The van der Waals surface area contributed by atoms with Crippen LogP contribution in [0.3, 0.4) is 0 Å². The quantitative estimate of drug-likeness (QED) is 0.400. The first-order valence-corrected chi connectivity index (χ1v) is 5.04. The third-order valence-corrected chi connectivity index (χ3v) is 2.12. The second-order valence-corrected chi connectivity index (χ2v) is 3.50. The lowest BCUT2D eigenvalue weighted by Crippen LogP contribution is -2.14. The van der Waals surface area contributed by atoms with Gasteiger partial charge in [-0.1, -0.05) is 13.5 Å². The summed E-state index contributed by atoms with van der Waals surface area (Å²) in [5, 5.41) is 8.75. The number of carbonyl (C=O) groups excluding carboxylic acids is 1. The molecule has 1 unspecified atom stereocenters. The van der Waals surface area contributed by atoms with Gasteiger partial charge in [0.05, 0.1) is 12.5 Å². The monoisotopic (exact) mass is 214 g/mol. The van der Waals surface area contributed by atoms with Crippen molar-refractivity contribution in [3.8, 4) is 0 Å². The Morgan fingerprint density at radius 3 is 2.47 bits per heavy atom. The van der Waals surface area contributed by atoms with Crippen molar-refractivity contribution >= 4 is 11.9 Å². The van der Waals surface area contributed by atoms with Crippen LogP contribution in [0.4, 0.5) is 0 Å². The molecule has 0 spiro atoms. The minimum absolute atomic E-state index is 0.259. The molecule has 0 heterocycles. The first-order valence-electron chi connectivity index (χ1n) is 5.04. The molecule has 0 saturated carbocycles. The Labute approximate surface area is 89.9 Å². The molecule has 0 aliphatic heterocycles. The highest BCUT2D eigenvalue weighted by molar-refractivity contribution is 5.86. The van der Waals surface area contributed by atoms with Gasteiger partial charge in [-0.15, -0.1) is 0 Å². The van der Waals surface area contributed by atoms with Gasteiger partial charge >= 0.3 is 11.9 Å². The van der Waals surface area contributed by atoms with E-state index >= 15 is 0 Å². The van der Waals surface area contributed by atoms with Gasteiger partial charge in [-0.05, 0) is 26.2 Å². The SMILES string of the molecule is C=C(C)C(=O)OCCCC(CC)C(=O)O. The van der Waals surface area contributed by atoms with Crippen LogP contribution in [-0.2, 0) is 14.3 Å². The van der Waals surface area contributed by atoms with Crippen LogP contribution in [0, 0.1) is 5.92 Å². The second-order valence-electron chi connectivity index (χ2n) is 3.50. The number of ether oxygens (including phenoxy) is 1. The summed E-state index contributed by atoms with van der Waals surface area (Å²) in [5.74, 6) is -1.55. The summed E-state index contributed by atoms with van der Waals surface area (Å²) in [4.78, 5) is 21.6. The topological polar surface area (TPSA) is 63.6 Å². The number of rotatable bonds is 7. The van der Waals surface area contributed by atoms with E-state index in [0.29, 0.717) is 24.8 Å². The summed E-state index contributed by atoms with van der Waals surface area (Å²) in [6.07, 6.45) is 1.71. The molecule has 0 aliphatic carbocycles. The van der Waals surface area contributed by atoms with Gasteiger partial charge in [-0.3, -0.25) is 4.79 Å². The summed E-state index contributed by atoms with van der Waals surface area (Å²) in [7, 11) is 0. The van der Waals surface area contributed by atoms with Crippen molar-refractivity contribution in [2.24, 2.45) is 5.92 Å². The zero-order chi connectivity index (χ0) is 11.8. The largest absolute Gasteiger partial charge is 0.481 e. The molecule has 4 nitrogen and oxygen atoms in total. The predicted molar refractivity (Wildman–Crippen MR) is 56.4 cm³/mol. The van der Waals surface area contributed by atoms with E-state index in [1.807, 2.05) is 6.92 Å². The predicted octanol–water partition coefficient (Wildman–Crippen LogP) is 2.00. The number of hydrogen-bond acceptors (Lipinski definition) is 3. The van der Waals surface area contributed by atoms with Crippen LogP contribution in [0.15, 0.2) is 12.2 Å². The highest BCUT2D eigenvalue weighted by Crippen LogP contribution is 2.11. The normalized spacial score (nSPS) is 11.9. The molecule has 1 N–H and O–H groups in total. The Morgan fingerprint density at radius 2 is 2.07 bits per heavy atom. The van der Waals surface area contributed by atoms with E-state index in [4.69, 9.17) is 9.84 Å². The number of carboxylic acid groups (broad SMARTS) is 1. The summed E-state index contributed by atoms with van der Waals surface area (Å²) < 4.78 is 4.85. The van der Waals surface area contributed by atoms with Crippen LogP contribution >= 0.6 is 0 Å². The van der Waals surface area contributed by atoms with E-state index < -0.39 is 11.9 Å². The molecule has 0 fully saturated rings. The third kappa shape index (κ3) is 5.88. The van der Waals surface area contributed by atoms with Crippen LogP contribution in [0.5, 0.6) is 0 Å². The molecule has 0 radical (unpaired) electrons. The van der Waals surface area contributed by atoms with Gasteiger partial charge in [0.1, 0.15) is 0 Å². The molecule has 0 aromatic carbocycles. The first-order chi connectivity index (χ1) is 6.99. The van der Waals surface area contributed by atoms with Gasteiger partial charge in [0.25, 0.3) is 0 Å². The van der Waals surface area contributed by atoms with Crippen molar-refractivity contribution in [3.63, 3.8) is 0 Å². The zero-order valence-corrected chi connectivity index (χ0v) is 9.28. The van der Waals surface area contributed by atoms with Gasteiger partial charge in [-0.2, -0.15) is 0 Å². The van der Waals surface area contributed by atoms with E-state index in [2.05, 4.69) is 6.58 Å². The molecule has 15 heavy (non-hydrogen) atoms. The molecule has 0 aromatic heterocycles. The maximum Gasteiger partial charge on any atom is 0.333 e. The summed E-state index contributed by atoms with van der Waals surface area (Å²) in [5.41, 5.74) is 0.361. The molecule has 0 aliphatic rings. The fourth-order valence-corrected chi connectivity index (χ4v) is 1.12. The maximum absolute atomic E-state index is 11.0. The molecule has 4 heteroatoms. The van der Waals surface area contributed by atoms with Gasteiger partial charge in [-0.25, -0.2) is 4.79 Å². The van der Waals surface area contributed by atoms with Crippen LogP contribution in [0.25, 0.3) is 0 Å². The van der Waals surface area contributed by atoms with Crippen molar-refractivity contribution in [2.45, 2.75) is 33.1 Å². The van der Waals surface area contributed by atoms with Crippen LogP contribution in [0.1, 0.15) is 33.1 Å². The van der Waals surface area contributed by atoms with Crippen molar-refractivity contribution < 1.29 is 19.4 Å². The van der Waals surface area contributed by atoms with Crippen molar-refractivity contribution in [3.05, 3.63) is 12.2 Å². The molecule has 0 aromatic rings. The maximum atomic E-state index is 11.0. The van der Waals surface area contributed by atoms with E-state index in [1.165, 1.54) is 0 Å². The fraction of sp³-hybridized carbons (Fsp3) is 0.636. The smallest absolute Gasteiger partial charge is 0.333 e. The van der Waals surface area contributed by atoms with E-state index in [9.17, 15) is 9.59 Å². The van der Waals surface area contributed by atoms with Crippen LogP contribution in [-0.4, -0.2) is 23.7 Å². The summed E-state index contributed by atoms with van der Waals surface area (Å²) in [6, 6.07) is 0. The lowest BCUT2D eigenvalue weighted by atomic mass is 10.0. The number of aliphatic carboxylic acids is 1. The molecular weight excluding hydrogens is 196 g/mol. The van der Waals surface area contributed by atoms with Gasteiger partial charge in [0, 0.05) is 5.57 Å². The van der Waals surface area contributed by atoms with E-state index in [1.54, 1.807) is 6.92 Å². The average molecular weight is 214 g/mol. The Balaban J connectivity index is 3.66. The average Bonchev–Trinajstić information content (AvgIpc) is 2.16.